The molecule has 0 fully saturated rings. The van der Waals surface area contributed by atoms with Crippen molar-refractivity contribution in [1.82, 2.24) is 4.57 Å². The summed E-state index contributed by atoms with van der Waals surface area (Å²) in [7, 11) is 1.33. The molecule has 0 bridgehead atoms. The fraction of sp³-hybridized carbons (Fsp3) is 0.321. The first kappa shape index (κ1) is 25.4. The zero-order valence-corrected chi connectivity index (χ0v) is 21.9. The predicted octanol–water partition coefficient (Wildman–Crippen LogP) is 3.98. The van der Waals surface area contributed by atoms with Crippen molar-refractivity contribution in [3.63, 3.8) is 0 Å². The van der Waals surface area contributed by atoms with Gasteiger partial charge in [-0.3, -0.25) is 9.36 Å². The Bertz CT molecular complexity index is 1470. The average molecular weight is 507 g/mol. The van der Waals surface area contributed by atoms with Gasteiger partial charge in [-0.25, -0.2) is 9.79 Å². The monoisotopic (exact) mass is 506 g/mol. The number of esters is 1. The van der Waals surface area contributed by atoms with Gasteiger partial charge >= 0.3 is 5.97 Å². The molecule has 0 unspecified atom stereocenters. The van der Waals surface area contributed by atoms with E-state index in [-0.39, 0.29) is 11.7 Å². The number of carbonyl (C=O) groups excluding carboxylic acids is 1. The Kier molecular flexibility index (Phi) is 7.74. The van der Waals surface area contributed by atoms with Crippen LogP contribution in [0.4, 0.5) is 0 Å². The largest absolute Gasteiger partial charge is 0.490 e. The highest BCUT2D eigenvalue weighted by Crippen LogP contribution is 2.31. The fourth-order valence-corrected chi connectivity index (χ4v) is 5.12. The molecule has 0 amide bonds. The van der Waals surface area contributed by atoms with Crippen molar-refractivity contribution >= 4 is 23.4 Å². The number of hydrogen-bond acceptors (Lipinski definition) is 7. The van der Waals surface area contributed by atoms with Crippen LogP contribution in [0.5, 0.6) is 11.5 Å². The molecule has 2 heterocycles. The molecule has 0 spiro atoms. The molecule has 2 atom stereocenters. The second-order valence-electron chi connectivity index (χ2n) is 8.46. The second kappa shape index (κ2) is 11.0. The number of methoxy groups -OCH3 is 1. The van der Waals surface area contributed by atoms with Crippen LogP contribution in [0.25, 0.3) is 6.08 Å². The van der Waals surface area contributed by atoms with E-state index in [0.717, 1.165) is 17.5 Å². The van der Waals surface area contributed by atoms with Gasteiger partial charge in [0.25, 0.3) is 5.56 Å². The van der Waals surface area contributed by atoms with Crippen LogP contribution >= 0.6 is 11.3 Å². The molecule has 0 saturated heterocycles. The molecule has 8 heteroatoms. The van der Waals surface area contributed by atoms with Crippen molar-refractivity contribution in [2.45, 2.75) is 46.3 Å². The molecule has 1 aliphatic rings. The topological polar surface area (TPSA) is 79.1 Å². The first-order chi connectivity index (χ1) is 17.4. The molecule has 0 N–H and O–H groups in total. The van der Waals surface area contributed by atoms with Gasteiger partial charge in [-0.05, 0) is 56.5 Å². The summed E-state index contributed by atoms with van der Waals surface area (Å²) in [5, 5.41) is 0. The summed E-state index contributed by atoms with van der Waals surface area (Å²) < 4.78 is 18.9. The third-order valence-corrected chi connectivity index (χ3v) is 6.99. The molecule has 0 saturated carbocycles. The van der Waals surface area contributed by atoms with Crippen LogP contribution in [-0.2, 0) is 9.53 Å². The lowest BCUT2D eigenvalue weighted by molar-refractivity contribution is -0.136. The van der Waals surface area contributed by atoms with Crippen LogP contribution < -0.4 is 24.4 Å². The Labute approximate surface area is 214 Å². The van der Waals surface area contributed by atoms with Gasteiger partial charge in [0, 0.05) is 0 Å². The highest BCUT2D eigenvalue weighted by atomic mass is 32.1. The fourth-order valence-electron chi connectivity index (χ4n) is 4.07. The number of allylic oxidation sites excluding steroid dienone is 1. The summed E-state index contributed by atoms with van der Waals surface area (Å²) in [4.78, 5) is 31.5. The molecule has 7 nitrogen and oxygen atoms in total. The lowest BCUT2D eigenvalue weighted by Crippen LogP contribution is -2.39. The predicted molar refractivity (Wildman–Crippen MR) is 140 cm³/mol. The van der Waals surface area contributed by atoms with Crippen LogP contribution in [0, 0.1) is 0 Å². The van der Waals surface area contributed by atoms with E-state index in [0.29, 0.717) is 38.7 Å². The van der Waals surface area contributed by atoms with E-state index in [2.05, 4.69) is 11.9 Å². The average Bonchev–Trinajstić information content (AvgIpc) is 3.18. The van der Waals surface area contributed by atoms with Gasteiger partial charge in [-0.2, -0.15) is 0 Å². The van der Waals surface area contributed by atoms with E-state index in [1.807, 2.05) is 68.5 Å². The van der Waals surface area contributed by atoms with Crippen molar-refractivity contribution in [3.8, 4) is 11.5 Å². The number of ether oxygens (including phenoxy) is 3. The SMILES string of the molecule is CCOc1cc(/C=c2\sc3n(c2=O)[C@H](c2ccccc2)C(C(=O)OC)=C(C)N=3)ccc1O[C@H](C)CC. The number of nitrogens with zero attached hydrogens (tertiary/aromatic N) is 2. The van der Waals surface area contributed by atoms with Gasteiger partial charge in [-0.1, -0.05) is 54.7 Å². The second-order valence-corrected chi connectivity index (χ2v) is 9.47. The first-order valence-corrected chi connectivity index (χ1v) is 12.8. The number of fused-ring (bicyclic) bond motifs is 1. The zero-order chi connectivity index (χ0) is 25.8. The van der Waals surface area contributed by atoms with Gasteiger partial charge in [0.2, 0.25) is 0 Å². The lowest BCUT2D eigenvalue weighted by Gasteiger charge is -2.24. The summed E-state index contributed by atoms with van der Waals surface area (Å²) in [5.74, 6) is 0.801. The van der Waals surface area contributed by atoms with Crippen LogP contribution in [0.3, 0.4) is 0 Å². The van der Waals surface area contributed by atoms with Gasteiger partial charge in [0.05, 0.1) is 41.7 Å². The Morgan fingerprint density at radius 2 is 1.92 bits per heavy atom. The standard InChI is InChI=1S/C28H30N2O5S/c1-6-17(3)35-21-14-13-19(15-22(21)34-7-2)16-23-26(31)30-25(20-11-9-8-10-12-20)24(27(32)33-5)18(4)29-28(30)36-23/h8-17,25H,6-7H2,1-5H3/b23-16-/t17-,25-/m1/s1. The lowest BCUT2D eigenvalue weighted by atomic mass is 9.96. The third-order valence-electron chi connectivity index (χ3n) is 6.01. The van der Waals surface area contributed by atoms with Crippen molar-refractivity contribution < 1.29 is 19.0 Å². The van der Waals surface area contributed by atoms with Crippen LogP contribution in [0.15, 0.2) is 69.6 Å². The van der Waals surface area contributed by atoms with E-state index >= 15 is 0 Å². The summed E-state index contributed by atoms with van der Waals surface area (Å²) in [6, 6.07) is 14.5. The Morgan fingerprint density at radius 1 is 1.17 bits per heavy atom. The number of hydrogen-bond donors (Lipinski definition) is 0. The van der Waals surface area contributed by atoms with Gasteiger partial charge < -0.3 is 14.2 Å². The van der Waals surface area contributed by atoms with Gasteiger partial charge in [0.15, 0.2) is 16.3 Å². The smallest absolute Gasteiger partial charge is 0.338 e. The van der Waals surface area contributed by atoms with E-state index < -0.39 is 12.0 Å². The quantitative estimate of drug-likeness (QED) is 0.432. The number of aromatic nitrogens is 1. The van der Waals surface area contributed by atoms with Crippen molar-refractivity contribution in [2.24, 2.45) is 4.99 Å². The Balaban J connectivity index is 1.85. The van der Waals surface area contributed by atoms with E-state index in [1.165, 1.54) is 18.4 Å². The Morgan fingerprint density at radius 3 is 2.58 bits per heavy atom. The number of carbonyl (C=O) groups is 1. The van der Waals surface area contributed by atoms with Crippen LogP contribution in [0.2, 0.25) is 0 Å². The Hall–Kier alpha value is -3.65. The molecule has 1 aromatic heterocycles. The maximum absolute atomic E-state index is 13.7. The molecule has 36 heavy (non-hydrogen) atoms. The first-order valence-electron chi connectivity index (χ1n) is 12.0. The van der Waals surface area contributed by atoms with Crippen LogP contribution in [0.1, 0.15) is 51.3 Å². The van der Waals surface area contributed by atoms with Crippen LogP contribution in [-0.4, -0.2) is 30.4 Å². The molecular formula is C28H30N2O5S. The van der Waals surface area contributed by atoms with E-state index in [1.54, 1.807) is 11.5 Å². The zero-order valence-electron chi connectivity index (χ0n) is 21.1. The van der Waals surface area contributed by atoms with Gasteiger partial charge in [-0.15, -0.1) is 0 Å². The minimum absolute atomic E-state index is 0.0592. The summed E-state index contributed by atoms with van der Waals surface area (Å²) in [6.45, 7) is 8.26. The molecular weight excluding hydrogens is 476 g/mol. The molecule has 188 valence electrons. The number of benzene rings is 2. The molecule has 0 aliphatic carbocycles. The van der Waals surface area contributed by atoms with Gasteiger partial charge in [0.1, 0.15) is 0 Å². The maximum atomic E-state index is 13.7. The minimum atomic E-state index is -0.623. The maximum Gasteiger partial charge on any atom is 0.338 e. The number of thiazole rings is 1. The highest BCUT2D eigenvalue weighted by molar-refractivity contribution is 7.07. The molecule has 0 radical (unpaired) electrons. The molecule has 1 aliphatic heterocycles. The third kappa shape index (κ3) is 4.99. The van der Waals surface area contributed by atoms with Crippen molar-refractivity contribution in [2.75, 3.05) is 13.7 Å². The summed E-state index contributed by atoms with van der Waals surface area (Å²) >= 11 is 1.29. The molecule has 4 rings (SSSR count). The normalized spacial score (nSPS) is 16.2. The van der Waals surface area contributed by atoms with E-state index in [9.17, 15) is 9.59 Å². The van der Waals surface area contributed by atoms with E-state index in [4.69, 9.17) is 14.2 Å². The molecule has 2 aromatic carbocycles. The molecule has 3 aromatic rings. The van der Waals surface area contributed by atoms with Crippen molar-refractivity contribution in [1.29, 1.82) is 0 Å². The highest BCUT2D eigenvalue weighted by Gasteiger charge is 2.32. The summed E-state index contributed by atoms with van der Waals surface area (Å²) in [6.07, 6.45) is 2.76. The van der Waals surface area contributed by atoms with Crippen molar-refractivity contribution in [3.05, 3.63) is 90.6 Å². The minimum Gasteiger partial charge on any atom is -0.490 e. The summed E-state index contributed by atoms with van der Waals surface area (Å²) in [5.41, 5.74) is 2.28. The number of rotatable bonds is 8.